The second-order valence-electron chi connectivity index (χ2n) is 5.40. The number of phenolic OH excluding ortho intramolecular Hbond substituents is 1. The van der Waals surface area contributed by atoms with Crippen molar-refractivity contribution in [3.8, 4) is 5.75 Å². The smallest absolute Gasteiger partial charge is 0.274 e. The minimum absolute atomic E-state index is 0.0344. The molecular formula is C16H20N4O2. The Balaban J connectivity index is 1.64. The quantitative estimate of drug-likeness (QED) is 0.904. The summed E-state index contributed by atoms with van der Waals surface area (Å²) in [6.07, 6.45) is 0.835. The van der Waals surface area contributed by atoms with Crippen LogP contribution in [-0.2, 0) is 6.42 Å². The Morgan fingerprint density at radius 3 is 2.64 bits per heavy atom. The molecule has 1 amide bonds. The van der Waals surface area contributed by atoms with Crippen molar-refractivity contribution in [2.45, 2.75) is 13.3 Å². The monoisotopic (exact) mass is 300 g/mol. The minimum Gasteiger partial charge on any atom is -0.506 e. The van der Waals surface area contributed by atoms with Crippen LogP contribution in [0.5, 0.6) is 5.75 Å². The Morgan fingerprint density at radius 1 is 1.27 bits per heavy atom. The Hall–Kier alpha value is -2.50. The third-order valence-corrected chi connectivity index (χ3v) is 4.02. The van der Waals surface area contributed by atoms with Gasteiger partial charge >= 0.3 is 0 Å². The van der Waals surface area contributed by atoms with E-state index in [1.807, 2.05) is 36.1 Å². The molecule has 2 heterocycles. The summed E-state index contributed by atoms with van der Waals surface area (Å²) in [7, 11) is 0. The zero-order valence-electron chi connectivity index (χ0n) is 12.6. The number of benzene rings is 1. The van der Waals surface area contributed by atoms with Crippen LogP contribution in [0, 0.1) is 0 Å². The molecule has 1 fully saturated rings. The van der Waals surface area contributed by atoms with Gasteiger partial charge in [0.25, 0.3) is 5.91 Å². The fourth-order valence-electron chi connectivity index (χ4n) is 2.70. The molecule has 0 unspecified atom stereocenters. The first-order valence-electron chi connectivity index (χ1n) is 7.55. The largest absolute Gasteiger partial charge is 0.506 e. The number of rotatable bonds is 3. The fourth-order valence-corrected chi connectivity index (χ4v) is 2.70. The van der Waals surface area contributed by atoms with E-state index in [0.29, 0.717) is 31.9 Å². The number of anilines is 1. The number of aromatic hydroxyl groups is 1. The van der Waals surface area contributed by atoms with Crippen molar-refractivity contribution in [2.24, 2.45) is 0 Å². The molecule has 0 bridgehead atoms. The second-order valence-corrected chi connectivity index (χ2v) is 5.40. The number of carbonyl (C=O) groups excluding carboxylic acids is 1. The van der Waals surface area contributed by atoms with E-state index in [2.05, 4.69) is 15.1 Å². The first kappa shape index (κ1) is 14.4. The Bertz CT molecular complexity index is 660. The minimum atomic E-state index is -0.0344. The topological polar surface area (TPSA) is 72.5 Å². The van der Waals surface area contributed by atoms with Crippen LogP contribution in [0.25, 0.3) is 0 Å². The van der Waals surface area contributed by atoms with Gasteiger partial charge in [-0.05, 0) is 24.6 Å². The van der Waals surface area contributed by atoms with Crippen molar-refractivity contribution in [1.29, 1.82) is 0 Å². The number of para-hydroxylation sites is 2. The van der Waals surface area contributed by atoms with Crippen LogP contribution in [-0.4, -0.2) is 52.3 Å². The van der Waals surface area contributed by atoms with Gasteiger partial charge in [0.15, 0.2) is 0 Å². The highest BCUT2D eigenvalue weighted by Gasteiger charge is 2.24. The summed E-state index contributed by atoms with van der Waals surface area (Å²) in [6, 6.07) is 9.11. The molecule has 0 spiro atoms. The Kier molecular flexibility index (Phi) is 4.00. The normalized spacial score (nSPS) is 15.1. The van der Waals surface area contributed by atoms with Gasteiger partial charge in [-0.15, -0.1) is 0 Å². The zero-order chi connectivity index (χ0) is 15.5. The maximum atomic E-state index is 12.4. The van der Waals surface area contributed by atoms with Crippen molar-refractivity contribution in [1.82, 2.24) is 15.1 Å². The number of aryl methyl sites for hydroxylation is 1. The van der Waals surface area contributed by atoms with Crippen molar-refractivity contribution < 1.29 is 9.90 Å². The molecule has 6 heteroatoms. The summed E-state index contributed by atoms with van der Waals surface area (Å²) in [4.78, 5) is 16.3. The van der Waals surface area contributed by atoms with E-state index in [1.165, 1.54) is 0 Å². The average molecular weight is 300 g/mol. The molecule has 1 aromatic carbocycles. The van der Waals surface area contributed by atoms with E-state index >= 15 is 0 Å². The van der Waals surface area contributed by atoms with Crippen LogP contribution in [0.2, 0.25) is 0 Å². The third kappa shape index (κ3) is 2.77. The molecule has 116 valence electrons. The lowest BCUT2D eigenvalue weighted by molar-refractivity contribution is 0.0741. The van der Waals surface area contributed by atoms with Gasteiger partial charge in [-0.1, -0.05) is 19.1 Å². The van der Waals surface area contributed by atoms with Gasteiger partial charge in [0.2, 0.25) is 0 Å². The number of hydrogen-bond acceptors (Lipinski definition) is 4. The van der Waals surface area contributed by atoms with Crippen LogP contribution in [0.4, 0.5) is 5.69 Å². The van der Waals surface area contributed by atoms with E-state index in [-0.39, 0.29) is 11.7 Å². The first-order valence-corrected chi connectivity index (χ1v) is 7.55. The van der Waals surface area contributed by atoms with Crippen molar-refractivity contribution in [2.75, 3.05) is 31.1 Å². The maximum Gasteiger partial charge on any atom is 0.274 e. The molecule has 6 nitrogen and oxygen atoms in total. The molecule has 0 saturated carbocycles. The van der Waals surface area contributed by atoms with Gasteiger partial charge in [0.05, 0.1) is 5.69 Å². The Morgan fingerprint density at radius 2 is 2.00 bits per heavy atom. The average Bonchev–Trinajstić information content (AvgIpc) is 3.04. The zero-order valence-corrected chi connectivity index (χ0v) is 12.6. The molecule has 1 saturated heterocycles. The molecule has 1 aliphatic heterocycles. The lowest BCUT2D eigenvalue weighted by Crippen LogP contribution is -2.48. The van der Waals surface area contributed by atoms with E-state index in [9.17, 15) is 9.90 Å². The lowest BCUT2D eigenvalue weighted by atomic mass is 10.2. The highest BCUT2D eigenvalue weighted by Crippen LogP contribution is 2.27. The molecule has 22 heavy (non-hydrogen) atoms. The number of amides is 1. The summed E-state index contributed by atoms with van der Waals surface area (Å²) < 4.78 is 0. The summed E-state index contributed by atoms with van der Waals surface area (Å²) in [6.45, 7) is 4.68. The van der Waals surface area contributed by atoms with Crippen molar-refractivity contribution >= 4 is 11.6 Å². The standard InChI is InChI=1S/C16H20N4O2/c1-2-12-11-13(18-17-12)16(22)20-9-7-19(8-10-20)14-5-3-4-6-15(14)21/h3-6,11,21H,2,7-10H2,1H3,(H,17,18). The number of nitrogens with one attached hydrogen (secondary N) is 1. The molecule has 0 radical (unpaired) electrons. The van der Waals surface area contributed by atoms with Gasteiger partial charge < -0.3 is 14.9 Å². The van der Waals surface area contributed by atoms with Crippen LogP contribution in [0.1, 0.15) is 23.1 Å². The molecule has 0 atom stereocenters. The number of carbonyl (C=O) groups is 1. The van der Waals surface area contributed by atoms with Crippen molar-refractivity contribution in [3.63, 3.8) is 0 Å². The van der Waals surface area contributed by atoms with Gasteiger partial charge in [-0.25, -0.2) is 0 Å². The SMILES string of the molecule is CCc1cc(C(=O)N2CCN(c3ccccc3O)CC2)n[nH]1. The van der Waals surface area contributed by atoms with E-state index in [4.69, 9.17) is 0 Å². The number of nitrogens with zero attached hydrogens (tertiary/aromatic N) is 3. The maximum absolute atomic E-state index is 12.4. The Labute approximate surface area is 129 Å². The molecule has 2 aromatic rings. The lowest BCUT2D eigenvalue weighted by Gasteiger charge is -2.36. The van der Waals surface area contributed by atoms with Crippen LogP contribution >= 0.6 is 0 Å². The number of piperazine rings is 1. The molecule has 1 aromatic heterocycles. The van der Waals surface area contributed by atoms with E-state index in [1.54, 1.807) is 6.07 Å². The first-order chi connectivity index (χ1) is 10.7. The highest BCUT2D eigenvalue weighted by atomic mass is 16.3. The van der Waals surface area contributed by atoms with Gasteiger partial charge in [0, 0.05) is 31.9 Å². The number of phenols is 1. The predicted molar refractivity (Wildman–Crippen MR) is 84.2 cm³/mol. The summed E-state index contributed by atoms with van der Waals surface area (Å²) in [5.74, 6) is 0.245. The molecule has 1 aliphatic rings. The van der Waals surface area contributed by atoms with Crippen LogP contribution in [0.3, 0.4) is 0 Å². The van der Waals surface area contributed by atoms with Gasteiger partial charge in [0.1, 0.15) is 11.4 Å². The van der Waals surface area contributed by atoms with Gasteiger partial charge in [-0.2, -0.15) is 5.10 Å². The second kappa shape index (κ2) is 6.09. The van der Waals surface area contributed by atoms with E-state index in [0.717, 1.165) is 17.8 Å². The number of aromatic nitrogens is 2. The van der Waals surface area contributed by atoms with Crippen LogP contribution in [0.15, 0.2) is 30.3 Å². The fraction of sp³-hybridized carbons (Fsp3) is 0.375. The molecule has 0 aliphatic carbocycles. The third-order valence-electron chi connectivity index (χ3n) is 4.02. The summed E-state index contributed by atoms with van der Waals surface area (Å²) in [5, 5.41) is 16.9. The summed E-state index contributed by atoms with van der Waals surface area (Å²) >= 11 is 0. The number of aromatic amines is 1. The number of H-pyrrole nitrogens is 1. The predicted octanol–water partition coefficient (Wildman–Crippen LogP) is 1.64. The highest BCUT2D eigenvalue weighted by molar-refractivity contribution is 5.92. The van der Waals surface area contributed by atoms with Crippen LogP contribution < -0.4 is 4.90 Å². The number of hydrogen-bond donors (Lipinski definition) is 2. The van der Waals surface area contributed by atoms with Gasteiger partial charge in [-0.3, -0.25) is 9.89 Å². The molecule has 2 N–H and O–H groups in total. The van der Waals surface area contributed by atoms with Crippen molar-refractivity contribution in [3.05, 3.63) is 41.7 Å². The molecule has 3 rings (SSSR count). The summed E-state index contributed by atoms with van der Waals surface area (Å²) in [5.41, 5.74) is 2.27. The van der Waals surface area contributed by atoms with E-state index < -0.39 is 0 Å². The molecular weight excluding hydrogens is 280 g/mol.